The molecule has 270 valence electrons. The first-order valence-corrected chi connectivity index (χ1v) is 17.9. The molecule has 2 aromatic carbocycles. The topological polar surface area (TPSA) is 189 Å². The molecule has 0 saturated carbocycles. The van der Waals surface area contributed by atoms with Gasteiger partial charge in [-0.1, -0.05) is 69.7 Å². The molecule has 0 heterocycles. The van der Waals surface area contributed by atoms with Crippen LogP contribution in [0.3, 0.4) is 0 Å². The molecular weight excluding hydrogens is 646 g/mol. The molecule has 0 spiro atoms. The van der Waals surface area contributed by atoms with E-state index in [0.717, 1.165) is 17.5 Å². The Morgan fingerprint density at radius 2 is 1.61 bits per heavy atom. The third kappa shape index (κ3) is 15.3. The van der Waals surface area contributed by atoms with Crippen LogP contribution in [0.25, 0.3) is 0 Å². The van der Waals surface area contributed by atoms with E-state index in [0.29, 0.717) is 37.1 Å². The number of amides is 4. The molecule has 0 aliphatic heterocycles. The van der Waals surface area contributed by atoms with E-state index in [4.69, 9.17) is 1.41 Å². The minimum Gasteiger partial charge on any atom is -0.508 e. The van der Waals surface area contributed by atoms with E-state index < -0.39 is 42.4 Å². The Hall–Kier alpha value is -4.10. The SMILES string of the molecule is [2H]N[C@@H](Cc1ccc(O)c(C(C)(C)C)c1)C(=O)N[C@@H](CCSC)C(=O)NCC(=O)N[C@@H](Cc1ccccc1)C(=O)NCCCCCC(=O)OC. The molecule has 0 unspecified atom stereocenters. The number of nitrogens with two attached hydrogens (primary N) is 1. The maximum atomic E-state index is 13.3. The second-order valence-electron chi connectivity index (χ2n) is 12.9. The van der Waals surface area contributed by atoms with Gasteiger partial charge in [0.25, 0.3) is 0 Å². The van der Waals surface area contributed by atoms with Crippen LogP contribution in [0, 0.1) is 0 Å². The van der Waals surface area contributed by atoms with E-state index in [1.807, 2.05) is 63.4 Å². The van der Waals surface area contributed by atoms with Crippen molar-refractivity contribution in [1.29, 1.82) is 0 Å². The average Bonchev–Trinajstić information content (AvgIpc) is 3.09. The van der Waals surface area contributed by atoms with Crippen molar-refractivity contribution in [3.05, 3.63) is 65.2 Å². The fraction of sp³-hybridized carbons (Fsp3) is 0.528. The van der Waals surface area contributed by atoms with Gasteiger partial charge >= 0.3 is 5.97 Å². The zero-order valence-corrected chi connectivity index (χ0v) is 30.0. The van der Waals surface area contributed by atoms with Crippen molar-refractivity contribution < 1.29 is 35.2 Å². The highest BCUT2D eigenvalue weighted by Crippen LogP contribution is 2.31. The van der Waals surface area contributed by atoms with Gasteiger partial charge in [0, 0.05) is 19.4 Å². The maximum absolute atomic E-state index is 13.3. The normalized spacial score (nSPS) is 13.3. The van der Waals surface area contributed by atoms with Gasteiger partial charge in [-0.15, -0.1) is 0 Å². The highest BCUT2D eigenvalue weighted by molar-refractivity contribution is 7.98. The molecule has 3 atom stereocenters. The summed E-state index contributed by atoms with van der Waals surface area (Å²) in [6, 6.07) is 11.5. The van der Waals surface area contributed by atoms with Crippen molar-refractivity contribution in [2.75, 3.05) is 32.2 Å². The Morgan fingerprint density at radius 3 is 2.27 bits per heavy atom. The van der Waals surface area contributed by atoms with Gasteiger partial charge in [-0.05, 0) is 65.9 Å². The van der Waals surface area contributed by atoms with Gasteiger partial charge in [0.05, 0.1) is 19.7 Å². The van der Waals surface area contributed by atoms with E-state index in [1.54, 1.807) is 12.1 Å². The number of phenolic OH excluding ortho intramolecular Hbond substituents is 1. The Morgan fingerprint density at radius 1 is 0.898 bits per heavy atom. The summed E-state index contributed by atoms with van der Waals surface area (Å²) in [5.74, 6) is -1.64. The van der Waals surface area contributed by atoms with Crippen molar-refractivity contribution in [3.8, 4) is 5.75 Å². The quantitative estimate of drug-likeness (QED) is 0.0840. The first-order valence-electron chi connectivity index (χ1n) is 17.0. The van der Waals surface area contributed by atoms with Crippen LogP contribution >= 0.6 is 11.8 Å². The van der Waals surface area contributed by atoms with Crippen LogP contribution in [-0.2, 0) is 47.0 Å². The first kappa shape index (κ1) is 39.3. The molecule has 13 heteroatoms. The standard InChI is InChI=1S/C36H53N5O7S/c1-36(2,3)26-20-25(15-16-30(26)42)21-27(37)33(45)41-28(17-19-49-5)34(46)39-23-31(43)40-29(22-24-12-8-6-9-13-24)35(47)38-18-11-7-10-14-32(44)48-4/h6,8-9,12-13,15-16,20,27-29,42H,7,10-11,14,17-19,21-23,37H2,1-5H3,(H,38,47)(H,39,46)(H,40,43)(H,41,45)/t27-,28-,29-/m0/s1/i/hD. The molecular formula is C36H53N5O7S. The van der Waals surface area contributed by atoms with Gasteiger partial charge < -0.3 is 36.8 Å². The van der Waals surface area contributed by atoms with Crippen LogP contribution in [0.15, 0.2) is 48.5 Å². The fourth-order valence-electron chi connectivity index (χ4n) is 5.02. The number of phenols is 1. The second-order valence-corrected chi connectivity index (χ2v) is 13.9. The van der Waals surface area contributed by atoms with Crippen LogP contribution in [0.1, 0.15) is 69.6 Å². The number of esters is 1. The summed E-state index contributed by atoms with van der Waals surface area (Å²) in [6.45, 7) is 5.84. The number of ether oxygens (including phenoxy) is 1. The largest absolute Gasteiger partial charge is 0.508 e. The van der Waals surface area contributed by atoms with E-state index >= 15 is 0 Å². The molecule has 2 rings (SSSR count). The van der Waals surface area contributed by atoms with Gasteiger partial charge in [0.15, 0.2) is 0 Å². The van der Waals surface area contributed by atoms with Crippen LogP contribution in [0.5, 0.6) is 5.75 Å². The molecule has 2 aromatic rings. The third-order valence-corrected chi connectivity index (χ3v) is 8.45. The lowest BCUT2D eigenvalue weighted by Gasteiger charge is -2.23. The highest BCUT2D eigenvalue weighted by Gasteiger charge is 2.26. The van der Waals surface area contributed by atoms with Crippen molar-refractivity contribution in [2.45, 2.75) is 89.3 Å². The highest BCUT2D eigenvalue weighted by atomic mass is 32.2. The van der Waals surface area contributed by atoms with Crippen LogP contribution < -0.4 is 27.0 Å². The predicted octanol–water partition coefficient (Wildman–Crippen LogP) is 2.49. The number of methoxy groups -OCH3 is 1. The summed E-state index contributed by atoms with van der Waals surface area (Å²) in [6.07, 6.45) is 4.87. The van der Waals surface area contributed by atoms with Crippen LogP contribution in [0.2, 0.25) is 1.41 Å². The summed E-state index contributed by atoms with van der Waals surface area (Å²) in [5, 5.41) is 21.2. The monoisotopic (exact) mass is 700 g/mol. The lowest BCUT2D eigenvalue weighted by molar-refractivity contribution is -0.140. The molecule has 0 aliphatic carbocycles. The predicted molar refractivity (Wildman–Crippen MR) is 192 cm³/mol. The van der Waals surface area contributed by atoms with E-state index in [1.165, 1.54) is 18.9 Å². The summed E-state index contributed by atoms with van der Waals surface area (Å²) in [5.41, 5.74) is 4.23. The molecule has 12 nitrogen and oxygen atoms in total. The number of carbonyl (C=O) groups is 5. The molecule has 49 heavy (non-hydrogen) atoms. The number of unbranched alkanes of at least 4 members (excludes halogenated alkanes) is 2. The number of thioether (sulfide) groups is 1. The van der Waals surface area contributed by atoms with E-state index in [2.05, 4.69) is 31.7 Å². The van der Waals surface area contributed by atoms with Crippen molar-refractivity contribution in [3.63, 3.8) is 0 Å². The Balaban J connectivity index is 2.01. The number of hydrogen-bond acceptors (Lipinski definition) is 9. The molecule has 0 saturated heterocycles. The first-order chi connectivity index (χ1) is 23.8. The van der Waals surface area contributed by atoms with Crippen molar-refractivity contribution >= 4 is 41.4 Å². The maximum Gasteiger partial charge on any atom is 0.305 e. The fourth-order valence-corrected chi connectivity index (χ4v) is 5.49. The van der Waals surface area contributed by atoms with Gasteiger partial charge in [-0.2, -0.15) is 11.8 Å². The smallest absolute Gasteiger partial charge is 0.305 e. The summed E-state index contributed by atoms with van der Waals surface area (Å²) >= 11 is 1.49. The van der Waals surface area contributed by atoms with Gasteiger partial charge in [0.2, 0.25) is 23.6 Å². The molecule has 0 fully saturated rings. The number of hydrogen-bond donors (Lipinski definition) is 6. The Kier molecular flexibility index (Phi) is 16.9. The summed E-state index contributed by atoms with van der Waals surface area (Å²) in [7, 11) is 1.34. The lowest BCUT2D eigenvalue weighted by atomic mass is 9.85. The van der Waals surface area contributed by atoms with Crippen molar-refractivity contribution in [2.24, 2.45) is 5.73 Å². The molecule has 0 aliphatic rings. The number of rotatable bonds is 21. The zero-order valence-electron chi connectivity index (χ0n) is 30.2. The lowest BCUT2D eigenvalue weighted by Crippen LogP contribution is -2.54. The molecule has 0 aromatic heterocycles. The minimum atomic E-state index is -0.981. The van der Waals surface area contributed by atoms with Gasteiger partial charge in [-0.25, -0.2) is 0 Å². The van der Waals surface area contributed by atoms with Gasteiger partial charge in [-0.3, -0.25) is 24.0 Å². The van der Waals surface area contributed by atoms with Crippen molar-refractivity contribution in [1.82, 2.24) is 21.3 Å². The second kappa shape index (κ2) is 21.1. The molecule has 0 radical (unpaired) electrons. The van der Waals surface area contributed by atoms with E-state index in [-0.39, 0.29) is 42.3 Å². The summed E-state index contributed by atoms with van der Waals surface area (Å²) < 4.78 is 12.4. The third-order valence-electron chi connectivity index (χ3n) is 7.81. The number of benzene rings is 2. The van der Waals surface area contributed by atoms with Gasteiger partial charge in [0.1, 0.15) is 19.2 Å². The zero-order chi connectivity index (χ0) is 37.1. The van der Waals surface area contributed by atoms with Crippen LogP contribution in [-0.4, -0.2) is 85.0 Å². The Labute approximate surface area is 295 Å². The minimum absolute atomic E-state index is 0.148. The average molecular weight is 701 g/mol. The van der Waals surface area contributed by atoms with E-state index in [9.17, 15) is 29.1 Å². The molecule has 4 amide bonds. The number of carbonyl (C=O) groups excluding carboxylic acids is 5. The summed E-state index contributed by atoms with van der Waals surface area (Å²) in [4.78, 5) is 63.9. The Bertz CT molecular complexity index is 1410. The molecule has 7 N–H and O–H groups in total. The van der Waals surface area contributed by atoms with Crippen LogP contribution in [0.4, 0.5) is 0 Å². The molecule has 0 bridgehead atoms. The number of nitrogens with one attached hydrogen (secondary N) is 4. The number of aromatic hydroxyl groups is 1.